The van der Waals surface area contributed by atoms with Crippen LogP contribution in [0.25, 0.3) is 0 Å². The minimum absolute atomic E-state index is 0.0110. The quantitative estimate of drug-likeness (QED) is 0.439. The van der Waals surface area contributed by atoms with E-state index in [0.717, 1.165) is 25.7 Å². The number of aliphatic hydroxyl groups excluding tert-OH is 1. The summed E-state index contributed by atoms with van der Waals surface area (Å²) in [5.74, 6) is -2.79. The molecule has 0 bridgehead atoms. The third-order valence-corrected chi connectivity index (χ3v) is 9.32. The van der Waals surface area contributed by atoms with E-state index in [2.05, 4.69) is 4.90 Å². The fraction of sp³-hybridized carbons (Fsp3) is 0.643. The van der Waals surface area contributed by atoms with Gasteiger partial charge in [0.05, 0.1) is 11.0 Å². The maximum Gasteiger partial charge on any atom is 0.342 e. The molecule has 9 nitrogen and oxygen atoms in total. The van der Waals surface area contributed by atoms with Crippen LogP contribution in [0.3, 0.4) is 0 Å². The number of rotatable bonds is 5. The van der Waals surface area contributed by atoms with Gasteiger partial charge in [0.25, 0.3) is 0 Å². The highest BCUT2D eigenvalue weighted by Gasteiger charge is 2.65. The molecule has 4 fully saturated rings. The van der Waals surface area contributed by atoms with Crippen molar-refractivity contribution < 1.29 is 38.5 Å². The number of hydrogen-bond acceptors (Lipinski definition) is 9. The average molecular weight is 512 g/mol. The SMILES string of the molecule is CO[C@H]1OC(=O)/C(=C\N(C2CC2)C2CC2)C2=C(O)C(=O)C3=C([C@H](OC(C)=O)C[C@]4(C)C(=O)CC[C@@H]34)[C@]21C. The van der Waals surface area contributed by atoms with E-state index < -0.39 is 52.6 Å². The van der Waals surface area contributed by atoms with Gasteiger partial charge in [-0.3, -0.25) is 14.4 Å². The number of hydrogen-bond donors (Lipinski definition) is 1. The van der Waals surface area contributed by atoms with Crippen LogP contribution in [-0.2, 0) is 33.4 Å². The minimum atomic E-state index is -1.30. The van der Waals surface area contributed by atoms with Gasteiger partial charge in [-0.05, 0) is 44.6 Å². The number of aliphatic hydroxyl groups is 1. The maximum absolute atomic E-state index is 14.0. The molecular formula is C28H33NO8. The van der Waals surface area contributed by atoms with E-state index in [1.165, 1.54) is 14.0 Å². The van der Waals surface area contributed by atoms with E-state index in [4.69, 9.17) is 14.2 Å². The highest BCUT2D eigenvalue weighted by molar-refractivity contribution is 6.14. The van der Waals surface area contributed by atoms with Crippen molar-refractivity contribution in [2.45, 2.75) is 90.2 Å². The molecule has 0 spiro atoms. The number of Topliss-reactive ketones (excluding diaryl/α,β-unsaturated/α-hetero) is 2. The van der Waals surface area contributed by atoms with E-state index in [1.54, 1.807) is 13.1 Å². The summed E-state index contributed by atoms with van der Waals surface area (Å²) < 4.78 is 17.3. The first-order valence-electron chi connectivity index (χ1n) is 13.2. The topological polar surface area (TPSA) is 119 Å². The lowest BCUT2D eigenvalue weighted by Crippen LogP contribution is -2.56. The summed E-state index contributed by atoms with van der Waals surface area (Å²) in [5.41, 5.74) is -1.17. The van der Waals surface area contributed by atoms with Crippen LogP contribution in [-0.4, -0.2) is 65.1 Å². The first-order chi connectivity index (χ1) is 17.5. The number of cyclic esters (lactones) is 1. The van der Waals surface area contributed by atoms with Gasteiger partial charge in [-0.1, -0.05) is 6.92 Å². The predicted molar refractivity (Wildman–Crippen MR) is 129 cm³/mol. The van der Waals surface area contributed by atoms with Crippen molar-refractivity contribution in [3.63, 3.8) is 0 Å². The second-order valence-corrected chi connectivity index (χ2v) is 11.7. The summed E-state index contributed by atoms with van der Waals surface area (Å²) in [7, 11) is 1.40. The Hall–Kier alpha value is -2.94. The summed E-state index contributed by atoms with van der Waals surface area (Å²) in [5, 5.41) is 11.5. The molecule has 6 aliphatic rings. The fourth-order valence-corrected chi connectivity index (χ4v) is 7.30. The number of ether oxygens (including phenoxy) is 3. The van der Waals surface area contributed by atoms with Crippen molar-refractivity contribution in [3.8, 4) is 0 Å². The standard InChI is InChI=1S/C28H33NO8/c1-13(30)36-18-11-27(2)17(9-10-19(27)31)20-22(18)28(3)21(24(33)23(20)32)16(25(34)37-26(28)35-4)12-29(14-5-6-14)15-7-8-15/h12,14-15,17-18,26,33H,5-11H2,1-4H3/b16-12-/t17-,18+,26-,27-,28-/m0/s1. The van der Waals surface area contributed by atoms with Crippen molar-refractivity contribution >= 4 is 23.5 Å². The molecule has 37 heavy (non-hydrogen) atoms. The number of carbonyl (C=O) groups excluding carboxylic acids is 4. The minimum Gasteiger partial charge on any atom is -0.504 e. The summed E-state index contributed by atoms with van der Waals surface area (Å²) in [6.07, 6.45) is 4.74. The number of allylic oxidation sites excluding steroid dienone is 1. The van der Waals surface area contributed by atoms with Crippen LogP contribution >= 0.6 is 0 Å². The Kier molecular flexibility index (Phi) is 5.29. The Labute approximate surface area is 215 Å². The zero-order valence-corrected chi connectivity index (χ0v) is 21.7. The van der Waals surface area contributed by atoms with Crippen molar-refractivity contribution in [3.05, 3.63) is 34.3 Å². The maximum atomic E-state index is 14.0. The molecule has 0 amide bonds. The third kappa shape index (κ3) is 3.39. The van der Waals surface area contributed by atoms with Crippen LogP contribution in [0, 0.1) is 16.7 Å². The van der Waals surface area contributed by atoms with Crippen LogP contribution in [0.4, 0.5) is 0 Å². The molecular weight excluding hydrogens is 478 g/mol. The summed E-state index contributed by atoms with van der Waals surface area (Å²) >= 11 is 0. The van der Waals surface area contributed by atoms with Gasteiger partial charge in [0.15, 0.2) is 5.76 Å². The summed E-state index contributed by atoms with van der Waals surface area (Å²) in [6.45, 7) is 4.86. The number of nitrogens with zero attached hydrogens (tertiary/aromatic N) is 1. The second kappa shape index (κ2) is 8.03. The van der Waals surface area contributed by atoms with Gasteiger partial charge >= 0.3 is 11.9 Å². The van der Waals surface area contributed by atoms with Gasteiger partial charge in [0.2, 0.25) is 12.1 Å². The Morgan fingerprint density at radius 1 is 1.11 bits per heavy atom. The van der Waals surface area contributed by atoms with Crippen molar-refractivity contribution in [2.24, 2.45) is 16.7 Å². The van der Waals surface area contributed by atoms with Crippen molar-refractivity contribution in [1.82, 2.24) is 4.90 Å². The van der Waals surface area contributed by atoms with Crippen LogP contribution in [0.2, 0.25) is 0 Å². The van der Waals surface area contributed by atoms with E-state index >= 15 is 0 Å². The third-order valence-electron chi connectivity index (χ3n) is 9.32. The van der Waals surface area contributed by atoms with Gasteiger partial charge in [-0.25, -0.2) is 4.79 Å². The van der Waals surface area contributed by atoms with E-state index in [9.17, 15) is 24.3 Å². The Morgan fingerprint density at radius 3 is 2.32 bits per heavy atom. The normalized spacial score (nSPS) is 38.3. The molecule has 0 aromatic heterocycles. The number of carbonyl (C=O) groups is 4. The monoisotopic (exact) mass is 511 g/mol. The molecule has 9 heteroatoms. The number of fused-ring (bicyclic) bond motifs is 4. The van der Waals surface area contributed by atoms with E-state index in [-0.39, 0.29) is 28.9 Å². The molecule has 0 radical (unpaired) electrons. The lowest BCUT2D eigenvalue weighted by Gasteiger charge is -2.52. The molecule has 1 N–H and O–H groups in total. The molecule has 6 rings (SSSR count). The lowest BCUT2D eigenvalue weighted by molar-refractivity contribution is -0.196. The molecule has 0 unspecified atom stereocenters. The smallest absolute Gasteiger partial charge is 0.342 e. The molecule has 0 aromatic carbocycles. The largest absolute Gasteiger partial charge is 0.504 e. The number of ketones is 2. The van der Waals surface area contributed by atoms with E-state index in [1.807, 2.05) is 6.92 Å². The first kappa shape index (κ1) is 24.4. The van der Waals surface area contributed by atoms with Gasteiger partial charge in [0, 0.05) is 67.6 Å². The zero-order chi connectivity index (χ0) is 26.4. The van der Waals surface area contributed by atoms with Crippen LogP contribution < -0.4 is 0 Å². The molecule has 198 valence electrons. The Bertz CT molecular complexity index is 1210. The second-order valence-electron chi connectivity index (χ2n) is 11.7. The molecule has 0 aromatic rings. The molecule has 1 saturated heterocycles. The lowest BCUT2D eigenvalue weighted by atomic mass is 9.54. The fourth-order valence-electron chi connectivity index (χ4n) is 7.30. The molecule has 5 aliphatic carbocycles. The first-order valence-corrected chi connectivity index (χ1v) is 13.2. The highest BCUT2D eigenvalue weighted by atomic mass is 16.7. The van der Waals surface area contributed by atoms with Crippen molar-refractivity contribution in [2.75, 3.05) is 7.11 Å². The average Bonchev–Trinajstić information content (AvgIpc) is 3.75. The van der Waals surface area contributed by atoms with E-state index in [0.29, 0.717) is 30.5 Å². The van der Waals surface area contributed by atoms with Crippen LogP contribution in [0.1, 0.15) is 65.7 Å². The summed E-state index contributed by atoms with van der Waals surface area (Å²) in [6, 6.07) is 0.648. The molecule has 3 saturated carbocycles. The number of esters is 2. The molecule has 1 heterocycles. The predicted octanol–water partition coefficient (Wildman–Crippen LogP) is 3.04. The molecule has 5 atom stereocenters. The van der Waals surface area contributed by atoms with Gasteiger partial charge in [0.1, 0.15) is 11.9 Å². The Balaban J connectivity index is 1.57. The van der Waals surface area contributed by atoms with Gasteiger partial charge in [-0.2, -0.15) is 0 Å². The van der Waals surface area contributed by atoms with Crippen LogP contribution in [0.5, 0.6) is 0 Å². The van der Waals surface area contributed by atoms with Crippen LogP contribution in [0.15, 0.2) is 34.3 Å². The molecule has 1 aliphatic heterocycles. The summed E-state index contributed by atoms with van der Waals surface area (Å²) in [4.78, 5) is 54.7. The van der Waals surface area contributed by atoms with Gasteiger partial charge in [-0.15, -0.1) is 0 Å². The zero-order valence-electron chi connectivity index (χ0n) is 21.7. The number of methoxy groups -OCH3 is 1. The Morgan fingerprint density at radius 2 is 1.76 bits per heavy atom. The van der Waals surface area contributed by atoms with Gasteiger partial charge < -0.3 is 24.2 Å². The van der Waals surface area contributed by atoms with Crippen molar-refractivity contribution in [1.29, 1.82) is 0 Å². The highest BCUT2D eigenvalue weighted by Crippen LogP contribution is 2.62.